The molecule has 0 saturated heterocycles. The summed E-state index contributed by atoms with van der Waals surface area (Å²) in [5, 5.41) is 8.13. The van der Waals surface area contributed by atoms with Gasteiger partial charge in [-0.15, -0.1) is 5.10 Å². The van der Waals surface area contributed by atoms with Crippen molar-refractivity contribution >= 4 is 29.0 Å². The second-order valence-electron chi connectivity index (χ2n) is 7.01. The number of carbonyl (C=O) groups is 1. The fraction of sp³-hybridized carbons (Fsp3) is 0.182. The van der Waals surface area contributed by atoms with Crippen LogP contribution in [0, 0.1) is 20.8 Å². The van der Waals surface area contributed by atoms with Gasteiger partial charge in [-0.05, 0) is 51.1 Å². The molecule has 0 saturated carbocycles. The third kappa shape index (κ3) is 3.98. The molecule has 0 unspecified atom stereocenters. The molecule has 4 aromatic rings. The number of rotatable bonds is 4. The van der Waals surface area contributed by atoms with Gasteiger partial charge in [0.15, 0.2) is 5.82 Å². The molecular formula is C22H20ClN5O. The molecule has 6 nitrogen and oxygen atoms in total. The fourth-order valence-electron chi connectivity index (χ4n) is 3.27. The van der Waals surface area contributed by atoms with Crippen molar-refractivity contribution in [3.8, 4) is 11.4 Å². The fourth-order valence-corrected chi connectivity index (χ4v) is 3.40. The van der Waals surface area contributed by atoms with Crippen LogP contribution in [0.3, 0.4) is 0 Å². The molecule has 29 heavy (non-hydrogen) atoms. The number of fused-ring (bicyclic) bond motifs is 1. The molecule has 7 heteroatoms. The molecule has 0 aliphatic rings. The van der Waals surface area contributed by atoms with Crippen molar-refractivity contribution in [1.82, 2.24) is 19.6 Å². The van der Waals surface area contributed by atoms with Crippen LogP contribution in [-0.4, -0.2) is 25.5 Å². The zero-order valence-electron chi connectivity index (χ0n) is 16.4. The van der Waals surface area contributed by atoms with Crippen LogP contribution in [0.25, 0.3) is 17.2 Å². The van der Waals surface area contributed by atoms with Crippen molar-refractivity contribution in [2.75, 3.05) is 5.32 Å². The molecule has 0 fully saturated rings. The Labute approximate surface area is 173 Å². The SMILES string of the molecule is Cc1cccc(-c2nc3nc(C)c(CC(=O)Nc4ccc(Cl)cc4)c(C)n3n2)c1. The van der Waals surface area contributed by atoms with Gasteiger partial charge in [-0.1, -0.05) is 35.4 Å². The number of carbonyl (C=O) groups excluding carboxylic acids is 1. The molecule has 146 valence electrons. The first kappa shape index (κ1) is 19.1. The minimum Gasteiger partial charge on any atom is -0.326 e. The van der Waals surface area contributed by atoms with E-state index in [1.165, 1.54) is 0 Å². The van der Waals surface area contributed by atoms with Crippen molar-refractivity contribution in [1.29, 1.82) is 0 Å². The summed E-state index contributed by atoms with van der Waals surface area (Å²) in [6, 6.07) is 15.0. The first-order valence-corrected chi connectivity index (χ1v) is 9.64. The Morgan fingerprint density at radius 3 is 2.55 bits per heavy atom. The maximum Gasteiger partial charge on any atom is 0.253 e. The number of benzene rings is 2. The lowest BCUT2D eigenvalue weighted by molar-refractivity contribution is -0.115. The van der Waals surface area contributed by atoms with E-state index >= 15 is 0 Å². The topological polar surface area (TPSA) is 72.2 Å². The minimum absolute atomic E-state index is 0.126. The van der Waals surface area contributed by atoms with Gasteiger partial charge in [0.05, 0.1) is 6.42 Å². The van der Waals surface area contributed by atoms with E-state index in [-0.39, 0.29) is 12.3 Å². The summed E-state index contributed by atoms with van der Waals surface area (Å²) in [7, 11) is 0. The van der Waals surface area contributed by atoms with Crippen LogP contribution in [0.15, 0.2) is 48.5 Å². The summed E-state index contributed by atoms with van der Waals surface area (Å²) in [6.07, 6.45) is 0.197. The number of anilines is 1. The lowest BCUT2D eigenvalue weighted by Crippen LogP contribution is -2.17. The Morgan fingerprint density at radius 2 is 1.83 bits per heavy atom. The normalized spacial score (nSPS) is 11.0. The third-order valence-electron chi connectivity index (χ3n) is 4.79. The third-order valence-corrected chi connectivity index (χ3v) is 5.04. The predicted octanol–water partition coefficient (Wildman–Crippen LogP) is 4.55. The molecule has 0 atom stereocenters. The maximum absolute atomic E-state index is 12.6. The van der Waals surface area contributed by atoms with E-state index < -0.39 is 0 Å². The van der Waals surface area contributed by atoms with E-state index in [2.05, 4.69) is 20.4 Å². The summed E-state index contributed by atoms with van der Waals surface area (Å²) in [5.74, 6) is 1.02. The lowest BCUT2D eigenvalue weighted by Gasteiger charge is -2.11. The number of hydrogen-bond acceptors (Lipinski definition) is 4. The van der Waals surface area contributed by atoms with Crippen LogP contribution in [-0.2, 0) is 11.2 Å². The molecule has 1 N–H and O–H groups in total. The Hall–Kier alpha value is -3.25. The highest BCUT2D eigenvalue weighted by Crippen LogP contribution is 2.21. The molecule has 2 heterocycles. The summed E-state index contributed by atoms with van der Waals surface area (Å²) in [4.78, 5) is 21.7. The Kier molecular flexibility index (Phi) is 5.03. The van der Waals surface area contributed by atoms with Crippen molar-refractivity contribution in [3.63, 3.8) is 0 Å². The zero-order chi connectivity index (χ0) is 20.5. The summed E-state index contributed by atoms with van der Waals surface area (Å²) in [6.45, 7) is 5.85. The number of nitrogens with zero attached hydrogens (tertiary/aromatic N) is 4. The number of hydrogen-bond donors (Lipinski definition) is 1. The van der Waals surface area contributed by atoms with E-state index in [0.29, 0.717) is 22.3 Å². The smallest absolute Gasteiger partial charge is 0.253 e. The van der Waals surface area contributed by atoms with Gasteiger partial charge in [-0.25, -0.2) is 9.50 Å². The van der Waals surface area contributed by atoms with Crippen LogP contribution in [0.2, 0.25) is 5.02 Å². The van der Waals surface area contributed by atoms with E-state index in [1.54, 1.807) is 28.8 Å². The molecule has 2 aromatic carbocycles. The van der Waals surface area contributed by atoms with Crippen LogP contribution in [0.1, 0.15) is 22.5 Å². The average Bonchev–Trinajstić information content (AvgIpc) is 3.11. The predicted molar refractivity (Wildman–Crippen MR) is 114 cm³/mol. The highest BCUT2D eigenvalue weighted by atomic mass is 35.5. The van der Waals surface area contributed by atoms with E-state index in [9.17, 15) is 4.79 Å². The summed E-state index contributed by atoms with van der Waals surface area (Å²) >= 11 is 5.89. The van der Waals surface area contributed by atoms with Crippen molar-refractivity contribution < 1.29 is 4.79 Å². The number of halogens is 1. The van der Waals surface area contributed by atoms with Gasteiger partial charge in [0.2, 0.25) is 5.91 Å². The van der Waals surface area contributed by atoms with Gasteiger partial charge >= 0.3 is 0 Å². The summed E-state index contributed by atoms with van der Waals surface area (Å²) in [5.41, 5.74) is 5.24. The maximum atomic E-state index is 12.6. The van der Waals surface area contributed by atoms with E-state index in [1.807, 2.05) is 45.0 Å². The minimum atomic E-state index is -0.126. The number of amides is 1. The molecule has 4 rings (SSSR count). The highest BCUT2D eigenvalue weighted by Gasteiger charge is 2.17. The molecule has 0 radical (unpaired) electrons. The molecule has 0 aliphatic carbocycles. The standard InChI is InChI=1S/C22H20ClN5O/c1-13-5-4-6-16(11-13)21-26-22-24-14(2)19(15(3)28(22)27-21)12-20(29)25-18-9-7-17(23)8-10-18/h4-11H,12H2,1-3H3,(H,25,29). The lowest BCUT2D eigenvalue weighted by atomic mass is 10.1. The van der Waals surface area contributed by atoms with Gasteiger partial charge in [0.25, 0.3) is 5.78 Å². The molecule has 0 bridgehead atoms. The molecule has 0 aliphatic heterocycles. The van der Waals surface area contributed by atoms with Crippen molar-refractivity contribution in [2.24, 2.45) is 0 Å². The molecule has 1 amide bonds. The second-order valence-corrected chi connectivity index (χ2v) is 7.45. The van der Waals surface area contributed by atoms with Gasteiger partial charge in [0, 0.05) is 33.2 Å². The van der Waals surface area contributed by atoms with Crippen LogP contribution in [0.5, 0.6) is 0 Å². The average molecular weight is 406 g/mol. The first-order valence-electron chi connectivity index (χ1n) is 9.26. The van der Waals surface area contributed by atoms with E-state index in [0.717, 1.165) is 28.1 Å². The van der Waals surface area contributed by atoms with E-state index in [4.69, 9.17) is 11.6 Å². The van der Waals surface area contributed by atoms with Crippen molar-refractivity contribution in [2.45, 2.75) is 27.2 Å². The zero-order valence-corrected chi connectivity index (χ0v) is 17.2. The first-order chi connectivity index (χ1) is 13.9. The number of aromatic nitrogens is 4. The Balaban J connectivity index is 1.64. The van der Waals surface area contributed by atoms with Gasteiger partial charge < -0.3 is 5.32 Å². The van der Waals surface area contributed by atoms with Gasteiger partial charge in [0.1, 0.15) is 0 Å². The highest BCUT2D eigenvalue weighted by molar-refractivity contribution is 6.30. The Bertz CT molecular complexity index is 1210. The molecule has 2 aromatic heterocycles. The van der Waals surface area contributed by atoms with Crippen LogP contribution in [0.4, 0.5) is 5.69 Å². The van der Waals surface area contributed by atoms with Crippen LogP contribution >= 0.6 is 11.6 Å². The number of nitrogens with one attached hydrogen (secondary N) is 1. The Morgan fingerprint density at radius 1 is 1.07 bits per heavy atom. The second kappa shape index (κ2) is 7.64. The van der Waals surface area contributed by atoms with Gasteiger partial charge in [-0.3, -0.25) is 4.79 Å². The number of aryl methyl sites for hydroxylation is 3. The summed E-state index contributed by atoms with van der Waals surface area (Å²) < 4.78 is 1.70. The van der Waals surface area contributed by atoms with Crippen LogP contribution < -0.4 is 5.32 Å². The quantitative estimate of drug-likeness (QED) is 0.540. The molecular weight excluding hydrogens is 386 g/mol. The molecule has 0 spiro atoms. The van der Waals surface area contributed by atoms with Gasteiger partial charge in [-0.2, -0.15) is 4.98 Å². The largest absolute Gasteiger partial charge is 0.326 e. The van der Waals surface area contributed by atoms with Crippen molar-refractivity contribution in [3.05, 3.63) is 76.1 Å². The monoisotopic (exact) mass is 405 g/mol.